The average molecular weight is 426 g/mol. The van der Waals surface area contributed by atoms with Crippen molar-refractivity contribution in [3.05, 3.63) is 59.9 Å². The highest BCUT2D eigenvalue weighted by molar-refractivity contribution is 7.93. The second-order valence-electron chi connectivity index (χ2n) is 5.91. The Kier molecular flexibility index (Phi) is 5.02. The fourth-order valence-corrected chi connectivity index (χ4v) is 4.97. The number of nitrogens with one attached hydrogen (secondary N) is 1. The number of sulfone groups is 1. The molecule has 0 fully saturated rings. The number of anilines is 1. The normalized spacial score (nSPS) is 12.1. The summed E-state index contributed by atoms with van der Waals surface area (Å²) in [6, 6.07) is 10.3. The summed E-state index contributed by atoms with van der Waals surface area (Å²) in [5.74, 6) is 0.682. The van der Waals surface area contributed by atoms with Gasteiger partial charge in [0.1, 0.15) is 5.82 Å². The molecule has 0 bridgehead atoms. The predicted molar refractivity (Wildman–Crippen MR) is 104 cm³/mol. The Morgan fingerprint density at radius 2 is 1.81 bits per heavy atom. The van der Waals surface area contributed by atoms with Gasteiger partial charge in [0.15, 0.2) is 9.84 Å². The van der Waals surface area contributed by atoms with Crippen LogP contribution in [0.1, 0.15) is 0 Å². The molecule has 27 heavy (non-hydrogen) atoms. The van der Waals surface area contributed by atoms with Gasteiger partial charge in [0.25, 0.3) is 10.0 Å². The van der Waals surface area contributed by atoms with E-state index in [1.54, 1.807) is 30.6 Å². The Bertz CT molecular complexity index is 1220. The lowest BCUT2D eigenvalue weighted by atomic mass is 10.2. The maximum absolute atomic E-state index is 12.7. The molecule has 10 heteroatoms. The van der Waals surface area contributed by atoms with Gasteiger partial charge in [0, 0.05) is 36.9 Å². The summed E-state index contributed by atoms with van der Waals surface area (Å²) in [4.78, 5) is 3.79. The van der Waals surface area contributed by atoms with E-state index in [0.29, 0.717) is 11.5 Å². The molecule has 0 saturated carbocycles. The Morgan fingerprint density at radius 1 is 1.07 bits per heavy atom. The van der Waals surface area contributed by atoms with Gasteiger partial charge in [-0.2, -0.15) is 0 Å². The molecular formula is C17H16ClN3O4S2. The summed E-state index contributed by atoms with van der Waals surface area (Å²) in [7, 11) is -5.84. The van der Waals surface area contributed by atoms with E-state index in [4.69, 9.17) is 11.6 Å². The summed E-state index contributed by atoms with van der Waals surface area (Å²) >= 11 is 5.88. The third-order valence-corrected chi connectivity index (χ3v) is 6.76. The van der Waals surface area contributed by atoms with Crippen LogP contribution in [0, 0.1) is 0 Å². The Morgan fingerprint density at radius 3 is 2.44 bits per heavy atom. The van der Waals surface area contributed by atoms with Crippen molar-refractivity contribution in [1.82, 2.24) is 9.55 Å². The van der Waals surface area contributed by atoms with Crippen LogP contribution >= 0.6 is 11.6 Å². The molecule has 0 aliphatic rings. The van der Waals surface area contributed by atoms with E-state index >= 15 is 0 Å². The number of imidazole rings is 1. The van der Waals surface area contributed by atoms with Crippen LogP contribution in [0.4, 0.5) is 5.69 Å². The quantitative estimate of drug-likeness (QED) is 0.677. The molecule has 2 aromatic carbocycles. The van der Waals surface area contributed by atoms with Crippen molar-refractivity contribution >= 4 is 37.1 Å². The Hall–Kier alpha value is -2.36. The number of halogens is 1. The zero-order chi connectivity index (χ0) is 19.8. The van der Waals surface area contributed by atoms with Crippen LogP contribution in [0.25, 0.3) is 11.4 Å². The largest absolute Gasteiger partial charge is 0.334 e. The van der Waals surface area contributed by atoms with Crippen LogP contribution in [0.15, 0.2) is 64.6 Å². The topological polar surface area (TPSA) is 98.1 Å². The van der Waals surface area contributed by atoms with Crippen molar-refractivity contribution in [1.29, 1.82) is 0 Å². The molecule has 0 radical (unpaired) electrons. The molecule has 0 spiro atoms. The van der Waals surface area contributed by atoms with Gasteiger partial charge in [-0.25, -0.2) is 21.8 Å². The van der Waals surface area contributed by atoms with Gasteiger partial charge in [-0.1, -0.05) is 23.7 Å². The van der Waals surface area contributed by atoms with Crippen molar-refractivity contribution < 1.29 is 16.8 Å². The molecule has 142 valence electrons. The van der Waals surface area contributed by atoms with E-state index in [1.165, 1.54) is 12.1 Å². The van der Waals surface area contributed by atoms with Crippen LogP contribution in [0.5, 0.6) is 0 Å². The number of benzene rings is 2. The molecule has 7 nitrogen and oxygen atoms in total. The SMILES string of the molecule is Cn1ccnc1-c1cccc(NS(=O)(=O)c2ccc(Cl)c(S(C)(=O)=O)c2)c1. The van der Waals surface area contributed by atoms with Gasteiger partial charge in [-0.3, -0.25) is 4.72 Å². The highest BCUT2D eigenvalue weighted by Crippen LogP contribution is 2.27. The van der Waals surface area contributed by atoms with Crippen molar-refractivity contribution in [3.8, 4) is 11.4 Å². The zero-order valence-electron chi connectivity index (χ0n) is 14.4. The lowest BCUT2D eigenvalue weighted by Gasteiger charge is -2.11. The first-order valence-electron chi connectivity index (χ1n) is 7.68. The first-order valence-corrected chi connectivity index (χ1v) is 11.4. The number of rotatable bonds is 5. The molecule has 3 rings (SSSR count). The van der Waals surface area contributed by atoms with E-state index in [1.807, 2.05) is 17.7 Å². The lowest BCUT2D eigenvalue weighted by Crippen LogP contribution is -2.14. The summed E-state index contributed by atoms with van der Waals surface area (Å²) in [5.41, 5.74) is 1.06. The maximum atomic E-state index is 12.7. The van der Waals surface area contributed by atoms with Crippen LogP contribution < -0.4 is 4.72 Å². The van der Waals surface area contributed by atoms with Crippen molar-refractivity contribution in [2.75, 3.05) is 11.0 Å². The van der Waals surface area contributed by atoms with Crippen LogP contribution in [-0.4, -0.2) is 32.6 Å². The molecule has 0 unspecified atom stereocenters. The van der Waals surface area contributed by atoms with Crippen molar-refractivity contribution in [2.24, 2.45) is 7.05 Å². The molecule has 0 amide bonds. The number of aryl methyl sites for hydroxylation is 1. The second-order valence-corrected chi connectivity index (χ2v) is 9.99. The second kappa shape index (κ2) is 6.99. The number of sulfonamides is 1. The van der Waals surface area contributed by atoms with Crippen LogP contribution in [0.3, 0.4) is 0 Å². The van der Waals surface area contributed by atoms with Gasteiger partial charge < -0.3 is 4.57 Å². The molecule has 0 saturated heterocycles. The van der Waals surface area contributed by atoms with E-state index in [-0.39, 0.29) is 14.8 Å². The summed E-state index contributed by atoms with van der Waals surface area (Å²) < 4.78 is 53.2. The van der Waals surface area contributed by atoms with Crippen molar-refractivity contribution in [3.63, 3.8) is 0 Å². The summed E-state index contributed by atoms with van der Waals surface area (Å²) in [6.07, 6.45) is 4.40. The third-order valence-electron chi connectivity index (χ3n) is 3.81. The molecule has 0 aliphatic carbocycles. The van der Waals surface area contributed by atoms with Gasteiger partial charge in [-0.15, -0.1) is 0 Å². The van der Waals surface area contributed by atoms with E-state index in [2.05, 4.69) is 9.71 Å². The fraction of sp³-hybridized carbons (Fsp3) is 0.118. The van der Waals surface area contributed by atoms with Gasteiger partial charge >= 0.3 is 0 Å². The molecule has 1 N–H and O–H groups in total. The van der Waals surface area contributed by atoms with Crippen LogP contribution in [0.2, 0.25) is 5.02 Å². The van der Waals surface area contributed by atoms with Gasteiger partial charge in [0.05, 0.1) is 14.8 Å². The van der Waals surface area contributed by atoms with Crippen LogP contribution in [-0.2, 0) is 26.9 Å². The smallest absolute Gasteiger partial charge is 0.261 e. The molecule has 3 aromatic rings. The predicted octanol–water partition coefficient (Wildman–Crippen LogP) is 2.94. The van der Waals surface area contributed by atoms with Gasteiger partial charge in [-0.05, 0) is 30.3 Å². The van der Waals surface area contributed by atoms with Gasteiger partial charge in [0.2, 0.25) is 0 Å². The van der Waals surface area contributed by atoms with E-state index in [9.17, 15) is 16.8 Å². The third kappa shape index (κ3) is 4.15. The standard InChI is InChI=1S/C17H16ClN3O4S2/c1-21-9-8-19-17(21)12-4-3-5-13(10-12)20-27(24,25)14-6-7-15(18)16(11-14)26(2,22)23/h3-11,20H,1-2H3. The minimum absolute atomic E-state index is 0.0340. The van der Waals surface area contributed by atoms with E-state index < -0.39 is 19.9 Å². The monoisotopic (exact) mass is 425 g/mol. The number of hydrogen-bond acceptors (Lipinski definition) is 5. The summed E-state index contributed by atoms with van der Waals surface area (Å²) in [6.45, 7) is 0. The highest BCUT2D eigenvalue weighted by atomic mass is 35.5. The van der Waals surface area contributed by atoms with E-state index in [0.717, 1.165) is 17.9 Å². The average Bonchev–Trinajstić information content (AvgIpc) is 3.00. The molecule has 1 aromatic heterocycles. The van der Waals surface area contributed by atoms with Crippen molar-refractivity contribution in [2.45, 2.75) is 9.79 Å². The Labute approximate surface area is 162 Å². The lowest BCUT2D eigenvalue weighted by molar-refractivity contribution is 0.600. The minimum atomic E-state index is -4.01. The molecular weight excluding hydrogens is 410 g/mol. The molecule has 0 atom stereocenters. The number of nitrogens with zero attached hydrogens (tertiary/aromatic N) is 2. The first-order chi connectivity index (χ1) is 12.6. The fourth-order valence-electron chi connectivity index (χ4n) is 2.51. The highest BCUT2D eigenvalue weighted by Gasteiger charge is 2.20. The number of hydrogen-bond donors (Lipinski definition) is 1. The maximum Gasteiger partial charge on any atom is 0.261 e. The molecule has 1 heterocycles. The Balaban J connectivity index is 1.98. The number of aromatic nitrogens is 2. The summed E-state index contributed by atoms with van der Waals surface area (Å²) in [5, 5.41) is -0.0340. The molecule has 0 aliphatic heterocycles. The minimum Gasteiger partial charge on any atom is -0.334 e. The zero-order valence-corrected chi connectivity index (χ0v) is 16.8. The first kappa shape index (κ1) is 19.4.